The zero-order valence-electron chi connectivity index (χ0n) is 9.32. The summed E-state index contributed by atoms with van der Waals surface area (Å²) in [6.07, 6.45) is 0. The van der Waals surface area contributed by atoms with E-state index in [9.17, 15) is 9.59 Å². The largest absolute Gasteiger partial charge is 0.294 e. The Morgan fingerprint density at radius 1 is 0.769 bits per heavy atom. The minimum Gasteiger partial charge on any atom is -0.294 e. The minimum absolute atomic E-state index is 0.0485. The van der Waals surface area contributed by atoms with Gasteiger partial charge in [-0.15, -0.1) is 0 Å². The van der Waals surface area contributed by atoms with Crippen LogP contribution in [0.3, 0.4) is 0 Å². The molecule has 0 saturated carbocycles. The molecular weight excluding hydrogens is 183 g/mol. The zero-order chi connectivity index (χ0) is 10.9. The van der Waals surface area contributed by atoms with Crippen molar-refractivity contribution in [1.29, 1.82) is 0 Å². The molecule has 0 aromatic rings. The average molecular weight is 202 g/mol. The van der Waals surface area contributed by atoms with Gasteiger partial charge in [-0.1, -0.05) is 41.5 Å². The molecule has 0 aliphatic heterocycles. The van der Waals surface area contributed by atoms with Crippen molar-refractivity contribution in [3.8, 4) is 0 Å². The smallest absolute Gasteiger partial charge is 0.164 e. The Morgan fingerprint density at radius 3 is 1.15 bits per heavy atom. The molecule has 0 heterocycles. The molecule has 0 N–H and O–H groups in total. The Bertz CT molecular complexity index is 194. The lowest BCUT2D eigenvalue weighted by Gasteiger charge is -2.20. The van der Waals surface area contributed by atoms with E-state index < -0.39 is 0 Å². The Hall–Kier alpha value is -0.230. The van der Waals surface area contributed by atoms with Gasteiger partial charge in [0.25, 0.3) is 0 Å². The third kappa shape index (κ3) is 4.52. The summed E-state index contributed by atoms with van der Waals surface area (Å²) in [5, 5.41) is 0. The third-order valence-corrected chi connectivity index (χ3v) is 3.54. The highest BCUT2D eigenvalue weighted by molar-refractivity contribution is 7.74. The number of rotatable bonds is 2. The molecule has 13 heavy (non-hydrogen) atoms. The van der Waals surface area contributed by atoms with Crippen LogP contribution in [0.2, 0.25) is 0 Å². The minimum atomic E-state index is -0.390. The molecule has 0 atom stereocenters. The number of hydrogen-bond acceptors (Lipinski definition) is 2. The maximum absolute atomic E-state index is 11.5. The van der Waals surface area contributed by atoms with E-state index in [-0.39, 0.29) is 30.5 Å². The summed E-state index contributed by atoms with van der Waals surface area (Å²) in [5.41, 5.74) is -0.682. The predicted molar refractivity (Wildman–Crippen MR) is 57.2 cm³/mol. The molecule has 0 aromatic heterocycles. The van der Waals surface area contributed by atoms with Crippen molar-refractivity contribution in [2.75, 3.05) is 0 Å². The van der Waals surface area contributed by atoms with E-state index >= 15 is 0 Å². The van der Waals surface area contributed by atoms with Crippen LogP contribution in [-0.2, 0) is 9.59 Å². The van der Waals surface area contributed by atoms with Gasteiger partial charge in [-0.05, 0) is 0 Å². The van der Waals surface area contributed by atoms with Crippen LogP contribution in [0.5, 0.6) is 0 Å². The Kier molecular flexibility index (Phi) is 3.81. The number of hydrogen-bond donors (Lipinski definition) is 0. The second-order valence-corrected chi connectivity index (χ2v) is 6.44. The first kappa shape index (κ1) is 12.8. The Morgan fingerprint density at radius 2 is 1.00 bits per heavy atom. The molecule has 0 bridgehead atoms. The van der Waals surface area contributed by atoms with Gasteiger partial charge in [0.2, 0.25) is 0 Å². The van der Waals surface area contributed by atoms with E-state index in [1.165, 1.54) is 0 Å². The molecule has 3 heteroatoms. The van der Waals surface area contributed by atoms with Gasteiger partial charge in [-0.2, -0.15) is 0 Å². The summed E-state index contributed by atoms with van der Waals surface area (Å²) in [4.78, 5) is 23.0. The summed E-state index contributed by atoms with van der Waals surface area (Å²) >= 11 is 0. The van der Waals surface area contributed by atoms with Crippen LogP contribution in [0.25, 0.3) is 0 Å². The van der Waals surface area contributed by atoms with Crippen molar-refractivity contribution in [3.05, 3.63) is 0 Å². The van der Waals surface area contributed by atoms with Crippen LogP contribution in [0.4, 0.5) is 0 Å². The molecule has 0 unspecified atom stereocenters. The number of carbonyl (C=O) groups is 2. The van der Waals surface area contributed by atoms with E-state index in [0.29, 0.717) is 0 Å². The third-order valence-electron chi connectivity index (χ3n) is 1.59. The molecule has 0 rings (SSSR count). The summed E-state index contributed by atoms with van der Waals surface area (Å²) in [6.45, 7) is 11.1. The molecule has 0 radical (unpaired) electrons. The van der Waals surface area contributed by atoms with Gasteiger partial charge in [0.05, 0.1) is 0 Å². The molecule has 0 aromatic carbocycles. The highest BCUT2D eigenvalue weighted by Crippen LogP contribution is 2.34. The summed E-state index contributed by atoms with van der Waals surface area (Å²) < 4.78 is 0. The normalized spacial score (nSPS) is 12.8. The van der Waals surface area contributed by atoms with E-state index in [2.05, 4.69) is 0 Å². The van der Waals surface area contributed by atoms with Crippen molar-refractivity contribution >= 4 is 19.6 Å². The number of carbonyl (C=O) groups excluding carboxylic acids is 2. The van der Waals surface area contributed by atoms with Crippen molar-refractivity contribution < 1.29 is 9.59 Å². The first-order valence-electron chi connectivity index (χ1n) is 4.41. The second-order valence-electron chi connectivity index (χ2n) is 5.28. The van der Waals surface area contributed by atoms with Gasteiger partial charge in [-0.3, -0.25) is 9.59 Å². The van der Waals surface area contributed by atoms with Gasteiger partial charge in [0, 0.05) is 19.4 Å². The summed E-state index contributed by atoms with van der Waals surface area (Å²) in [5.74, 6) is 0. The average Bonchev–Trinajstić information content (AvgIpc) is 1.82. The van der Waals surface area contributed by atoms with Gasteiger partial charge < -0.3 is 0 Å². The predicted octanol–water partition coefficient (Wildman–Crippen LogP) is 2.81. The fraction of sp³-hybridized carbons (Fsp3) is 0.800. The van der Waals surface area contributed by atoms with Crippen molar-refractivity contribution in [2.45, 2.75) is 41.5 Å². The first-order valence-corrected chi connectivity index (χ1v) is 5.41. The lowest BCUT2D eigenvalue weighted by Crippen LogP contribution is -2.22. The van der Waals surface area contributed by atoms with E-state index in [4.69, 9.17) is 0 Å². The SMILES string of the molecule is CC(C)(C)C(=O)PC(=O)C(C)(C)C. The fourth-order valence-electron chi connectivity index (χ4n) is 0.478. The van der Waals surface area contributed by atoms with Crippen LogP contribution in [0, 0.1) is 10.8 Å². The quantitative estimate of drug-likeness (QED) is 0.645. The summed E-state index contributed by atoms with van der Waals surface area (Å²) in [7, 11) is -0.195. The highest BCUT2D eigenvalue weighted by Gasteiger charge is 2.29. The second kappa shape index (κ2) is 3.88. The molecule has 0 amide bonds. The maximum Gasteiger partial charge on any atom is 0.164 e. The standard InChI is InChI=1S/C10H19O2P/c1-9(2,3)7(11)13-8(12)10(4,5)6/h13H,1-6H3. The molecular formula is C10H19O2P. The van der Waals surface area contributed by atoms with Crippen molar-refractivity contribution in [2.24, 2.45) is 10.8 Å². The molecule has 0 spiro atoms. The molecule has 2 nitrogen and oxygen atoms in total. The van der Waals surface area contributed by atoms with E-state index in [1.807, 2.05) is 41.5 Å². The lowest BCUT2D eigenvalue weighted by molar-refractivity contribution is -0.120. The van der Waals surface area contributed by atoms with Gasteiger partial charge in [0.1, 0.15) is 0 Å². The molecule has 0 saturated heterocycles. The van der Waals surface area contributed by atoms with Crippen LogP contribution in [-0.4, -0.2) is 11.0 Å². The van der Waals surface area contributed by atoms with Crippen molar-refractivity contribution in [1.82, 2.24) is 0 Å². The molecule has 0 fully saturated rings. The highest BCUT2D eigenvalue weighted by atomic mass is 31.1. The van der Waals surface area contributed by atoms with Crippen LogP contribution in [0.15, 0.2) is 0 Å². The monoisotopic (exact) mass is 202 g/mol. The molecule has 0 aliphatic rings. The Labute approximate surface area is 82.3 Å². The van der Waals surface area contributed by atoms with Gasteiger partial charge in [-0.25, -0.2) is 0 Å². The van der Waals surface area contributed by atoms with Crippen LogP contribution < -0.4 is 0 Å². The fourth-order valence-corrected chi connectivity index (χ4v) is 1.43. The summed E-state index contributed by atoms with van der Waals surface area (Å²) in [6, 6.07) is 0. The van der Waals surface area contributed by atoms with Crippen LogP contribution in [0.1, 0.15) is 41.5 Å². The van der Waals surface area contributed by atoms with E-state index in [0.717, 1.165) is 0 Å². The van der Waals surface area contributed by atoms with Crippen molar-refractivity contribution in [3.63, 3.8) is 0 Å². The first-order chi connectivity index (χ1) is 5.55. The molecule has 76 valence electrons. The van der Waals surface area contributed by atoms with E-state index in [1.54, 1.807) is 0 Å². The lowest BCUT2D eigenvalue weighted by atomic mass is 9.99. The molecule has 0 aliphatic carbocycles. The van der Waals surface area contributed by atoms with Gasteiger partial charge in [0.15, 0.2) is 11.0 Å². The Balaban J connectivity index is 4.34. The zero-order valence-corrected chi connectivity index (χ0v) is 10.3. The maximum atomic E-state index is 11.5. The van der Waals surface area contributed by atoms with Crippen LogP contribution >= 0.6 is 8.58 Å². The van der Waals surface area contributed by atoms with Gasteiger partial charge >= 0.3 is 0 Å². The topological polar surface area (TPSA) is 34.1 Å².